The fourth-order valence-corrected chi connectivity index (χ4v) is 4.47. The predicted octanol–water partition coefficient (Wildman–Crippen LogP) is 4.85. The van der Waals surface area contributed by atoms with Gasteiger partial charge in [-0.15, -0.1) is 0 Å². The summed E-state index contributed by atoms with van der Waals surface area (Å²) in [6.45, 7) is 2.25. The zero-order valence-electron chi connectivity index (χ0n) is 17.3. The van der Waals surface area contributed by atoms with Gasteiger partial charge in [0.05, 0.1) is 13.7 Å². The first-order valence-corrected chi connectivity index (χ1v) is 12.3. The van der Waals surface area contributed by atoms with E-state index in [1.165, 1.54) is 10.5 Å². The minimum atomic E-state index is -3.82. The van der Waals surface area contributed by atoms with Gasteiger partial charge in [0, 0.05) is 16.5 Å². The Bertz CT molecular complexity index is 975. The summed E-state index contributed by atoms with van der Waals surface area (Å²) >= 11 is 0. The molecule has 7 heteroatoms. The maximum atomic E-state index is 10.7. The molecule has 0 spiro atoms. The highest BCUT2D eigenvalue weighted by Crippen LogP contribution is 2.29. The lowest BCUT2D eigenvalue weighted by Gasteiger charge is -2.11. The van der Waals surface area contributed by atoms with E-state index in [2.05, 4.69) is 45.8 Å². The van der Waals surface area contributed by atoms with Gasteiger partial charge in [-0.05, 0) is 36.8 Å². The first-order chi connectivity index (χ1) is 14.3. The van der Waals surface area contributed by atoms with Crippen molar-refractivity contribution in [3.05, 3.63) is 96.1 Å². The van der Waals surface area contributed by atoms with Gasteiger partial charge in [0.15, 0.2) is 4.90 Å². The SMILES string of the molecule is CC(c1ccccc1)[S+](C)c1ccc(O)cc1.COS(=O)(=O)OCc1ccccc1. The van der Waals surface area contributed by atoms with Crippen molar-refractivity contribution < 1.29 is 21.9 Å². The van der Waals surface area contributed by atoms with Crippen molar-refractivity contribution in [2.45, 2.75) is 23.7 Å². The Morgan fingerprint density at radius 2 is 1.43 bits per heavy atom. The summed E-state index contributed by atoms with van der Waals surface area (Å²) in [5.74, 6) is 0.332. The lowest BCUT2D eigenvalue weighted by atomic mass is 10.2. The first-order valence-electron chi connectivity index (χ1n) is 9.30. The van der Waals surface area contributed by atoms with Crippen molar-refractivity contribution in [3.63, 3.8) is 0 Å². The summed E-state index contributed by atoms with van der Waals surface area (Å²) in [5.41, 5.74) is 2.15. The average molecular weight is 448 g/mol. The molecule has 3 aromatic carbocycles. The van der Waals surface area contributed by atoms with Gasteiger partial charge >= 0.3 is 10.4 Å². The average Bonchev–Trinajstić information content (AvgIpc) is 2.79. The van der Waals surface area contributed by atoms with Crippen molar-refractivity contribution in [2.75, 3.05) is 13.4 Å². The largest absolute Gasteiger partial charge is 0.508 e. The molecule has 0 amide bonds. The quantitative estimate of drug-likeness (QED) is 0.524. The molecule has 2 atom stereocenters. The summed E-state index contributed by atoms with van der Waals surface area (Å²) < 4.78 is 30.1. The van der Waals surface area contributed by atoms with Crippen LogP contribution in [0.3, 0.4) is 0 Å². The molecular weight excluding hydrogens is 420 g/mol. The number of hydrogen-bond donors (Lipinski definition) is 1. The molecule has 0 saturated heterocycles. The van der Waals surface area contributed by atoms with Crippen LogP contribution >= 0.6 is 0 Å². The molecule has 0 radical (unpaired) electrons. The summed E-state index contributed by atoms with van der Waals surface area (Å²) in [7, 11) is -2.61. The minimum absolute atomic E-state index is 0.00296. The summed E-state index contributed by atoms with van der Waals surface area (Å²) in [6, 6.07) is 27.1. The standard InChI is InChI=1S/C15H16OS.C8H10O4S/c1-12(13-6-4-3-5-7-13)17(2)15-10-8-14(16)9-11-15;1-11-13(9,10)12-7-8-5-3-2-4-6-8/h3-12H,1-2H3;2-6H,7H2,1H3/p+1. The fraction of sp³-hybridized carbons (Fsp3) is 0.217. The maximum Gasteiger partial charge on any atom is 0.399 e. The zero-order chi connectivity index (χ0) is 22.0. The lowest BCUT2D eigenvalue weighted by molar-refractivity contribution is 0.236. The van der Waals surface area contributed by atoms with Crippen LogP contribution in [0.25, 0.3) is 0 Å². The number of aromatic hydroxyl groups is 1. The Morgan fingerprint density at radius 1 is 0.900 bits per heavy atom. The Morgan fingerprint density at radius 3 is 1.97 bits per heavy atom. The normalized spacial score (nSPS) is 13.0. The minimum Gasteiger partial charge on any atom is -0.508 e. The molecule has 0 aromatic heterocycles. The Kier molecular flexibility index (Phi) is 9.39. The summed E-state index contributed by atoms with van der Waals surface area (Å²) in [4.78, 5) is 1.29. The van der Waals surface area contributed by atoms with Crippen LogP contribution in [0.2, 0.25) is 0 Å². The van der Waals surface area contributed by atoms with Crippen LogP contribution < -0.4 is 0 Å². The van der Waals surface area contributed by atoms with Gasteiger partial charge in [-0.1, -0.05) is 60.7 Å². The zero-order valence-corrected chi connectivity index (χ0v) is 18.9. The van der Waals surface area contributed by atoms with Crippen molar-refractivity contribution in [3.8, 4) is 5.75 Å². The van der Waals surface area contributed by atoms with E-state index in [0.29, 0.717) is 11.0 Å². The fourth-order valence-electron chi connectivity index (χ4n) is 2.56. The van der Waals surface area contributed by atoms with Gasteiger partial charge in [-0.2, -0.15) is 8.42 Å². The van der Waals surface area contributed by atoms with Gasteiger partial charge < -0.3 is 5.11 Å². The van der Waals surface area contributed by atoms with Crippen LogP contribution in [0.1, 0.15) is 23.3 Å². The van der Waals surface area contributed by atoms with Crippen LogP contribution in [-0.4, -0.2) is 26.9 Å². The Balaban J connectivity index is 0.000000222. The molecule has 160 valence electrons. The molecule has 30 heavy (non-hydrogen) atoms. The predicted molar refractivity (Wildman–Crippen MR) is 122 cm³/mol. The molecule has 0 fully saturated rings. The highest BCUT2D eigenvalue weighted by atomic mass is 32.3. The molecule has 5 nitrogen and oxygen atoms in total. The molecular formula is C23H27O5S2+. The molecule has 3 aromatic rings. The number of hydrogen-bond acceptors (Lipinski definition) is 5. The van der Waals surface area contributed by atoms with Crippen molar-refractivity contribution >= 4 is 21.3 Å². The highest BCUT2D eigenvalue weighted by Gasteiger charge is 2.25. The number of phenols is 1. The number of phenolic OH excluding ortho intramolecular Hbond substituents is 1. The molecule has 0 heterocycles. The third-order valence-corrected chi connectivity index (χ3v) is 7.59. The highest BCUT2D eigenvalue weighted by molar-refractivity contribution is 7.96. The molecule has 0 aliphatic heterocycles. The van der Waals surface area contributed by atoms with Crippen molar-refractivity contribution in [1.82, 2.24) is 0 Å². The van der Waals surface area contributed by atoms with E-state index >= 15 is 0 Å². The van der Waals surface area contributed by atoms with Crippen molar-refractivity contribution in [2.24, 2.45) is 0 Å². The second-order valence-corrected chi connectivity index (χ2v) is 10.1. The van der Waals surface area contributed by atoms with E-state index in [4.69, 9.17) is 0 Å². The summed E-state index contributed by atoms with van der Waals surface area (Å²) in [5, 5.41) is 9.80. The molecule has 0 saturated carbocycles. The van der Waals surface area contributed by atoms with Crippen LogP contribution in [0, 0.1) is 0 Å². The third-order valence-electron chi connectivity index (χ3n) is 4.42. The molecule has 0 aliphatic carbocycles. The van der Waals surface area contributed by atoms with E-state index in [1.54, 1.807) is 36.4 Å². The van der Waals surface area contributed by atoms with Crippen LogP contribution in [0.4, 0.5) is 0 Å². The van der Waals surface area contributed by atoms with Crippen molar-refractivity contribution in [1.29, 1.82) is 0 Å². The maximum absolute atomic E-state index is 10.7. The first kappa shape index (κ1) is 24.0. The Labute approximate surface area is 182 Å². The van der Waals surface area contributed by atoms with Gasteiger partial charge in [-0.25, -0.2) is 4.18 Å². The number of benzene rings is 3. The van der Waals surface area contributed by atoms with E-state index in [-0.39, 0.29) is 17.5 Å². The van der Waals surface area contributed by atoms with Gasteiger partial charge in [0.25, 0.3) is 0 Å². The molecule has 3 rings (SSSR count). The second kappa shape index (κ2) is 11.8. The Hall–Kier alpha value is -2.32. The van der Waals surface area contributed by atoms with Gasteiger partial charge in [0.2, 0.25) is 0 Å². The van der Waals surface area contributed by atoms with Crippen LogP contribution in [0.15, 0.2) is 89.8 Å². The van der Waals surface area contributed by atoms with E-state index < -0.39 is 10.4 Å². The monoisotopic (exact) mass is 447 g/mol. The molecule has 1 N–H and O–H groups in total. The topological polar surface area (TPSA) is 72.8 Å². The van der Waals surface area contributed by atoms with Crippen LogP contribution in [0.5, 0.6) is 5.75 Å². The van der Waals surface area contributed by atoms with E-state index in [9.17, 15) is 13.5 Å². The smallest absolute Gasteiger partial charge is 0.399 e. The third kappa shape index (κ3) is 7.84. The van der Waals surface area contributed by atoms with Gasteiger partial charge in [0.1, 0.15) is 17.3 Å². The van der Waals surface area contributed by atoms with E-state index in [0.717, 1.165) is 12.7 Å². The van der Waals surface area contributed by atoms with E-state index in [1.807, 2.05) is 24.3 Å². The molecule has 0 bridgehead atoms. The second-order valence-electron chi connectivity index (χ2n) is 6.43. The van der Waals surface area contributed by atoms with Gasteiger partial charge in [-0.3, -0.25) is 4.18 Å². The number of rotatable bonds is 7. The molecule has 0 aliphatic rings. The van der Waals surface area contributed by atoms with Crippen LogP contribution in [-0.2, 0) is 36.3 Å². The molecule has 2 unspecified atom stereocenters. The lowest BCUT2D eigenvalue weighted by Crippen LogP contribution is -2.09. The summed E-state index contributed by atoms with van der Waals surface area (Å²) in [6.07, 6.45) is 2.25.